The highest BCUT2D eigenvalue weighted by Gasteiger charge is 2.33. The molecule has 0 aliphatic carbocycles. The Hall–Kier alpha value is -1.55. The molecule has 0 aliphatic heterocycles. The van der Waals surface area contributed by atoms with Gasteiger partial charge in [-0.25, -0.2) is 18.5 Å². The summed E-state index contributed by atoms with van der Waals surface area (Å²) in [6.07, 6.45) is -4.45. The second kappa shape index (κ2) is 4.04. The molecule has 1 heterocycles. The number of pyridine rings is 1. The molecular formula is C7H7F3N2O4S. The molecule has 0 unspecified atom stereocenters. The van der Waals surface area contributed by atoms with Crippen molar-refractivity contribution < 1.29 is 31.4 Å². The molecule has 0 bridgehead atoms. The van der Waals surface area contributed by atoms with Crippen molar-refractivity contribution in [1.82, 2.24) is 4.98 Å². The van der Waals surface area contributed by atoms with E-state index in [-0.39, 0.29) is 0 Å². The summed E-state index contributed by atoms with van der Waals surface area (Å²) >= 11 is 0. The molecule has 3 N–H and O–H groups in total. The Bertz CT molecular complexity index is 541. The highest BCUT2D eigenvalue weighted by Crippen LogP contribution is 2.33. The number of hydrogen-bond acceptors (Lipinski definition) is 5. The average molecular weight is 272 g/mol. The third-order valence-corrected chi connectivity index (χ3v) is 2.56. The van der Waals surface area contributed by atoms with E-state index in [2.05, 4.69) is 9.72 Å². The number of aromatic hydroxyl groups is 1. The first kappa shape index (κ1) is 13.5. The van der Waals surface area contributed by atoms with E-state index >= 15 is 0 Å². The van der Waals surface area contributed by atoms with Crippen LogP contribution in [-0.4, -0.2) is 24.9 Å². The van der Waals surface area contributed by atoms with Crippen molar-refractivity contribution in [3.05, 3.63) is 11.8 Å². The maximum absolute atomic E-state index is 11.9. The van der Waals surface area contributed by atoms with E-state index in [4.69, 9.17) is 5.14 Å². The van der Waals surface area contributed by atoms with Crippen LogP contribution in [0.25, 0.3) is 0 Å². The zero-order valence-corrected chi connectivity index (χ0v) is 9.13. The maximum Gasteiger partial charge on any atom is 0.573 e. The molecule has 0 spiro atoms. The minimum atomic E-state index is -4.97. The molecule has 0 amide bonds. The maximum atomic E-state index is 11.9. The van der Waals surface area contributed by atoms with Crippen LogP contribution in [0.15, 0.2) is 11.2 Å². The second-order valence-corrected chi connectivity index (χ2v) is 4.47. The monoisotopic (exact) mass is 272 g/mol. The SMILES string of the molecule is Cc1c(OC(F)(F)F)cnc(S(N)(=O)=O)c1O. The Morgan fingerprint density at radius 1 is 1.47 bits per heavy atom. The molecule has 10 heteroatoms. The van der Waals surface area contributed by atoms with Crippen molar-refractivity contribution >= 4 is 10.0 Å². The molecule has 0 aliphatic rings. The van der Waals surface area contributed by atoms with E-state index in [9.17, 15) is 26.7 Å². The molecule has 1 aromatic rings. The van der Waals surface area contributed by atoms with Gasteiger partial charge in [-0.2, -0.15) is 0 Å². The zero-order chi connectivity index (χ0) is 13.4. The predicted molar refractivity (Wildman–Crippen MR) is 48.7 cm³/mol. The number of ether oxygens (including phenoxy) is 1. The number of primary sulfonamides is 1. The normalized spacial score (nSPS) is 12.5. The van der Waals surface area contributed by atoms with Crippen molar-refractivity contribution in [3.63, 3.8) is 0 Å². The third kappa shape index (κ3) is 3.20. The van der Waals surface area contributed by atoms with E-state index in [0.717, 1.165) is 6.92 Å². The summed E-state index contributed by atoms with van der Waals surface area (Å²) in [6, 6.07) is 0. The van der Waals surface area contributed by atoms with Gasteiger partial charge < -0.3 is 9.84 Å². The number of nitrogens with zero attached hydrogens (tertiary/aromatic N) is 1. The molecule has 0 aromatic carbocycles. The summed E-state index contributed by atoms with van der Waals surface area (Å²) in [5, 5.41) is 13.1. The first-order chi connectivity index (χ1) is 7.52. The lowest BCUT2D eigenvalue weighted by Crippen LogP contribution is -2.19. The fourth-order valence-corrected chi connectivity index (χ4v) is 1.61. The number of alkyl halides is 3. The molecule has 0 saturated heterocycles. The van der Waals surface area contributed by atoms with Gasteiger partial charge in [-0.1, -0.05) is 0 Å². The minimum Gasteiger partial charge on any atom is -0.505 e. The topological polar surface area (TPSA) is 103 Å². The highest BCUT2D eigenvalue weighted by atomic mass is 32.2. The van der Waals surface area contributed by atoms with E-state index in [1.165, 1.54) is 0 Å². The van der Waals surface area contributed by atoms with Gasteiger partial charge in [0.1, 0.15) is 0 Å². The van der Waals surface area contributed by atoms with Crippen molar-refractivity contribution in [2.75, 3.05) is 0 Å². The summed E-state index contributed by atoms with van der Waals surface area (Å²) in [6.45, 7) is 1.03. The lowest BCUT2D eigenvalue weighted by atomic mass is 10.2. The Balaban J connectivity index is 3.30. The number of sulfonamides is 1. The lowest BCUT2D eigenvalue weighted by molar-refractivity contribution is -0.275. The van der Waals surface area contributed by atoms with Gasteiger partial charge in [0.25, 0.3) is 10.0 Å². The molecule has 0 radical (unpaired) electrons. The number of rotatable bonds is 2. The summed E-state index contributed by atoms with van der Waals surface area (Å²) in [4.78, 5) is 3.11. The van der Waals surface area contributed by atoms with Crippen LogP contribution in [0.4, 0.5) is 13.2 Å². The van der Waals surface area contributed by atoms with Crippen LogP contribution in [0.2, 0.25) is 0 Å². The standard InChI is InChI=1S/C7H7F3N2O4S/c1-3-4(16-7(8,9)10)2-12-6(5(3)13)17(11,14)15/h2,13H,1H3,(H2,11,14,15). The van der Waals surface area contributed by atoms with Crippen LogP contribution in [0.3, 0.4) is 0 Å². The van der Waals surface area contributed by atoms with E-state index in [0.29, 0.717) is 6.20 Å². The first-order valence-electron chi connectivity index (χ1n) is 3.99. The van der Waals surface area contributed by atoms with Gasteiger partial charge >= 0.3 is 6.36 Å². The Morgan fingerprint density at radius 2 is 2.00 bits per heavy atom. The molecule has 0 saturated carbocycles. The zero-order valence-electron chi connectivity index (χ0n) is 8.32. The van der Waals surface area contributed by atoms with Gasteiger partial charge in [-0.3, -0.25) is 0 Å². The quantitative estimate of drug-likeness (QED) is 0.822. The Labute approximate surface area is 93.9 Å². The van der Waals surface area contributed by atoms with Crippen molar-refractivity contribution in [2.24, 2.45) is 5.14 Å². The number of halogens is 3. The largest absolute Gasteiger partial charge is 0.573 e. The first-order valence-corrected chi connectivity index (χ1v) is 5.54. The molecule has 1 aromatic heterocycles. The van der Waals surface area contributed by atoms with Crippen LogP contribution in [0.5, 0.6) is 11.5 Å². The second-order valence-electron chi connectivity index (χ2n) is 2.99. The summed E-state index contributed by atoms with van der Waals surface area (Å²) in [7, 11) is -4.31. The fraction of sp³-hybridized carbons (Fsp3) is 0.286. The van der Waals surface area contributed by atoms with E-state index in [1.807, 2.05) is 0 Å². The van der Waals surface area contributed by atoms with Crippen molar-refractivity contribution in [2.45, 2.75) is 18.3 Å². The Morgan fingerprint density at radius 3 is 2.41 bits per heavy atom. The van der Waals surface area contributed by atoms with Crippen molar-refractivity contribution in [3.8, 4) is 11.5 Å². The minimum absolute atomic E-state index is 0.429. The van der Waals surface area contributed by atoms with Gasteiger partial charge in [0.2, 0.25) is 5.03 Å². The van der Waals surface area contributed by atoms with Gasteiger partial charge in [0.05, 0.1) is 6.20 Å². The Kier molecular flexibility index (Phi) is 3.21. The summed E-state index contributed by atoms with van der Waals surface area (Å²) in [5.41, 5.74) is -0.429. The molecular weight excluding hydrogens is 265 g/mol. The molecule has 17 heavy (non-hydrogen) atoms. The van der Waals surface area contributed by atoms with Gasteiger partial charge in [0, 0.05) is 5.56 Å². The third-order valence-electron chi connectivity index (χ3n) is 1.72. The smallest absolute Gasteiger partial charge is 0.505 e. The van der Waals surface area contributed by atoms with E-state index < -0.39 is 38.5 Å². The molecule has 6 nitrogen and oxygen atoms in total. The van der Waals surface area contributed by atoms with Gasteiger partial charge in [0.15, 0.2) is 11.5 Å². The van der Waals surface area contributed by atoms with Crippen LogP contribution in [0.1, 0.15) is 5.56 Å². The average Bonchev–Trinajstić information content (AvgIpc) is 2.08. The highest BCUT2D eigenvalue weighted by molar-refractivity contribution is 7.89. The van der Waals surface area contributed by atoms with Crippen molar-refractivity contribution in [1.29, 1.82) is 0 Å². The fourth-order valence-electron chi connectivity index (χ4n) is 0.988. The van der Waals surface area contributed by atoms with Crippen LogP contribution in [0, 0.1) is 6.92 Å². The number of nitrogens with two attached hydrogens (primary N) is 1. The molecule has 96 valence electrons. The van der Waals surface area contributed by atoms with E-state index in [1.54, 1.807) is 0 Å². The summed E-state index contributed by atoms with van der Waals surface area (Å²) in [5.74, 6) is -1.78. The number of aromatic nitrogens is 1. The van der Waals surface area contributed by atoms with Gasteiger partial charge in [-0.15, -0.1) is 13.2 Å². The van der Waals surface area contributed by atoms with Crippen LogP contribution < -0.4 is 9.88 Å². The summed E-state index contributed by atoms with van der Waals surface area (Å²) < 4.78 is 61.1. The van der Waals surface area contributed by atoms with Crippen LogP contribution in [-0.2, 0) is 10.0 Å². The van der Waals surface area contributed by atoms with Crippen LogP contribution >= 0.6 is 0 Å². The predicted octanol–water partition coefficient (Wildman–Crippen LogP) is 0.642. The number of hydrogen-bond donors (Lipinski definition) is 2. The lowest BCUT2D eigenvalue weighted by Gasteiger charge is -2.12. The molecule has 1 rings (SSSR count). The molecule has 0 atom stereocenters. The van der Waals surface area contributed by atoms with Gasteiger partial charge in [-0.05, 0) is 6.92 Å². The molecule has 0 fully saturated rings.